The Bertz CT molecular complexity index is 1130. The highest BCUT2D eigenvalue weighted by molar-refractivity contribution is 7.89. The molecule has 0 atom stereocenters. The van der Waals surface area contributed by atoms with Crippen LogP contribution in [0, 0.1) is 0 Å². The van der Waals surface area contributed by atoms with Gasteiger partial charge in [-0.05, 0) is 35.9 Å². The summed E-state index contributed by atoms with van der Waals surface area (Å²) in [5.41, 5.74) is 1.18. The van der Waals surface area contributed by atoms with Crippen LogP contribution in [0.25, 0.3) is 0 Å². The van der Waals surface area contributed by atoms with Crippen LogP contribution in [0.5, 0.6) is 17.2 Å². The molecule has 158 valence electrons. The fourth-order valence-electron chi connectivity index (χ4n) is 2.93. The van der Waals surface area contributed by atoms with E-state index in [-0.39, 0.29) is 4.90 Å². The zero-order valence-electron chi connectivity index (χ0n) is 16.7. The number of anilines is 2. The van der Waals surface area contributed by atoms with Crippen molar-refractivity contribution < 1.29 is 22.6 Å². The number of ether oxygens (including phenoxy) is 3. The number of nitrogens with one attached hydrogen (secondary N) is 1. The number of primary sulfonamides is 1. The summed E-state index contributed by atoms with van der Waals surface area (Å²) in [7, 11) is 0.753. The van der Waals surface area contributed by atoms with Crippen molar-refractivity contribution in [2.75, 3.05) is 26.6 Å². The first-order valence-corrected chi connectivity index (χ1v) is 10.4. The van der Waals surface area contributed by atoms with Crippen molar-refractivity contribution in [3.8, 4) is 17.2 Å². The topological polar surface area (TPSA) is 126 Å². The monoisotopic (exact) mass is 430 g/mol. The van der Waals surface area contributed by atoms with Crippen LogP contribution in [-0.4, -0.2) is 39.7 Å². The van der Waals surface area contributed by atoms with Crippen molar-refractivity contribution in [2.24, 2.45) is 5.14 Å². The first kappa shape index (κ1) is 21.3. The lowest BCUT2D eigenvalue weighted by Gasteiger charge is -2.14. The molecule has 3 rings (SSSR count). The summed E-state index contributed by atoms with van der Waals surface area (Å²) in [4.78, 5) is 8.74. The van der Waals surface area contributed by atoms with Crippen LogP contribution in [0.2, 0.25) is 0 Å². The molecule has 9 nitrogen and oxygen atoms in total. The molecular formula is C20H22N4O5S. The van der Waals surface area contributed by atoms with Gasteiger partial charge >= 0.3 is 0 Å². The van der Waals surface area contributed by atoms with Gasteiger partial charge in [0.2, 0.25) is 15.8 Å². The first-order chi connectivity index (χ1) is 14.4. The summed E-state index contributed by atoms with van der Waals surface area (Å²) >= 11 is 0. The fraction of sp³-hybridized carbons (Fsp3) is 0.200. The van der Waals surface area contributed by atoms with Gasteiger partial charge < -0.3 is 19.5 Å². The number of nitrogens with two attached hydrogens (primary N) is 1. The maximum Gasteiger partial charge on any atom is 0.240 e. The molecule has 1 aromatic heterocycles. The van der Waals surface area contributed by atoms with Crippen molar-refractivity contribution in [3.63, 3.8) is 0 Å². The van der Waals surface area contributed by atoms with Gasteiger partial charge in [0.1, 0.15) is 16.5 Å². The number of sulfonamides is 1. The van der Waals surface area contributed by atoms with E-state index in [0.717, 1.165) is 5.56 Å². The van der Waals surface area contributed by atoms with Crippen LogP contribution in [0.4, 0.5) is 11.5 Å². The molecule has 1 heterocycles. The Balaban J connectivity index is 1.89. The third kappa shape index (κ3) is 4.78. The second-order valence-corrected chi connectivity index (χ2v) is 7.76. The van der Waals surface area contributed by atoms with Gasteiger partial charge in [-0.25, -0.2) is 23.5 Å². The van der Waals surface area contributed by atoms with Crippen molar-refractivity contribution >= 4 is 21.5 Å². The van der Waals surface area contributed by atoms with Gasteiger partial charge in [0.15, 0.2) is 11.5 Å². The molecule has 0 aliphatic carbocycles. The first-order valence-electron chi connectivity index (χ1n) is 8.85. The molecule has 0 saturated carbocycles. The Labute approximate surface area is 174 Å². The summed E-state index contributed by atoms with van der Waals surface area (Å²) in [6.45, 7) is 0. The largest absolute Gasteiger partial charge is 0.493 e. The van der Waals surface area contributed by atoms with E-state index in [2.05, 4.69) is 15.3 Å². The minimum Gasteiger partial charge on any atom is -0.493 e. The molecule has 3 N–H and O–H groups in total. The standard InChI is InChI=1S/C20H22N4O5S/c1-27-15-10-13(11-16(28-2)20(15)29-3)12-19-22-9-8-18(24-19)23-14-6-4-5-7-17(14)30(21,25)26/h4-11H,12H2,1-3H3,(H2,21,25,26)(H,22,23,24). The predicted octanol–water partition coefficient (Wildman–Crippen LogP) is 2.48. The SMILES string of the molecule is COc1cc(Cc2nccc(Nc3ccccc3S(N)(=O)=O)n2)cc(OC)c1OC. The molecule has 0 aliphatic heterocycles. The summed E-state index contributed by atoms with van der Waals surface area (Å²) in [6.07, 6.45) is 1.98. The number of para-hydroxylation sites is 1. The van der Waals surface area contributed by atoms with Gasteiger partial charge in [0.05, 0.1) is 27.0 Å². The van der Waals surface area contributed by atoms with E-state index in [1.807, 2.05) is 12.1 Å². The van der Waals surface area contributed by atoms with Crippen LogP contribution in [0.1, 0.15) is 11.4 Å². The van der Waals surface area contributed by atoms with Crippen LogP contribution in [0.15, 0.2) is 53.6 Å². The van der Waals surface area contributed by atoms with Crippen molar-refractivity contribution in [1.29, 1.82) is 0 Å². The lowest BCUT2D eigenvalue weighted by Crippen LogP contribution is -2.14. The van der Waals surface area contributed by atoms with Gasteiger partial charge in [-0.15, -0.1) is 0 Å². The number of rotatable bonds is 8. The normalized spacial score (nSPS) is 11.1. The minimum absolute atomic E-state index is 0.0187. The van der Waals surface area contributed by atoms with Gasteiger partial charge in [0, 0.05) is 12.6 Å². The van der Waals surface area contributed by atoms with Crippen molar-refractivity contribution in [2.45, 2.75) is 11.3 Å². The molecule has 0 unspecified atom stereocenters. The summed E-state index contributed by atoms with van der Waals surface area (Å²) in [6, 6.07) is 11.6. The summed E-state index contributed by atoms with van der Waals surface area (Å²) < 4.78 is 39.7. The molecule has 0 aliphatic rings. The van der Waals surface area contributed by atoms with Crippen LogP contribution in [0.3, 0.4) is 0 Å². The molecule has 0 bridgehead atoms. The highest BCUT2D eigenvalue weighted by Gasteiger charge is 2.16. The molecule has 10 heteroatoms. The molecule has 30 heavy (non-hydrogen) atoms. The maximum atomic E-state index is 11.8. The average molecular weight is 430 g/mol. The molecule has 0 fully saturated rings. The third-order valence-corrected chi connectivity index (χ3v) is 5.22. The quantitative estimate of drug-likeness (QED) is 0.558. The summed E-state index contributed by atoms with van der Waals surface area (Å²) in [5, 5.41) is 8.28. The lowest BCUT2D eigenvalue weighted by molar-refractivity contribution is 0.324. The molecule has 0 amide bonds. The number of nitrogens with zero attached hydrogens (tertiary/aromatic N) is 2. The third-order valence-electron chi connectivity index (χ3n) is 4.25. The second kappa shape index (κ2) is 8.97. The fourth-order valence-corrected chi connectivity index (χ4v) is 3.62. The lowest BCUT2D eigenvalue weighted by atomic mass is 10.1. The van der Waals surface area contributed by atoms with Gasteiger partial charge in [-0.3, -0.25) is 0 Å². The van der Waals surface area contributed by atoms with Gasteiger partial charge in [0.25, 0.3) is 0 Å². The molecule has 0 saturated heterocycles. The van der Waals surface area contributed by atoms with Gasteiger partial charge in [-0.2, -0.15) is 0 Å². The van der Waals surface area contributed by atoms with Crippen LogP contribution in [-0.2, 0) is 16.4 Å². The maximum absolute atomic E-state index is 11.8. The predicted molar refractivity (Wildman–Crippen MR) is 112 cm³/mol. The Morgan fingerprint density at radius 3 is 2.27 bits per heavy atom. The highest BCUT2D eigenvalue weighted by Crippen LogP contribution is 2.38. The summed E-state index contributed by atoms with van der Waals surface area (Å²) in [5.74, 6) is 2.51. The zero-order valence-corrected chi connectivity index (χ0v) is 17.6. The number of methoxy groups -OCH3 is 3. The van der Waals surface area contributed by atoms with Crippen molar-refractivity contribution in [3.05, 3.63) is 60.0 Å². The van der Waals surface area contributed by atoms with E-state index in [1.54, 1.807) is 44.7 Å². The molecule has 3 aromatic rings. The van der Waals surface area contributed by atoms with Crippen LogP contribution >= 0.6 is 0 Å². The van der Waals surface area contributed by atoms with Crippen molar-refractivity contribution in [1.82, 2.24) is 9.97 Å². The number of hydrogen-bond acceptors (Lipinski definition) is 8. The Morgan fingerprint density at radius 1 is 1.00 bits per heavy atom. The Morgan fingerprint density at radius 2 is 1.67 bits per heavy atom. The van der Waals surface area contributed by atoms with Crippen LogP contribution < -0.4 is 24.7 Å². The van der Waals surface area contributed by atoms with E-state index >= 15 is 0 Å². The molecule has 2 aromatic carbocycles. The van der Waals surface area contributed by atoms with E-state index in [1.165, 1.54) is 13.2 Å². The smallest absolute Gasteiger partial charge is 0.240 e. The second-order valence-electron chi connectivity index (χ2n) is 6.23. The highest BCUT2D eigenvalue weighted by atomic mass is 32.2. The average Bonchev–Trinajstić information content (AvgIpc) is 2.73. The minimum atomic E-state index is -3.88. The zero-order chi connectivity index (χ0) is 21.7. The van der Waals surface area contributed by atoms with Gasteiger partial charge in [-0.1, -0.05) is 12.1 Å². The van der Waals surface area contributed by atoms with E-state index < -0.39 is 10.0 Å². The number of hydrogen-bond donors (Lipinski definition) is 2. The molecule has 0 spiro atoms. The van der Waals surface area contributed by atoms with E-state index in [4.69, 9.17) is 19.3 Å². The van der Waals surface area contributed by atoms with E-state index in [9.17, 15) is 8.42 Å². The molecule has 0 radical (unpaired) electrons. The Hall–Kier alpha value is -3.37. The number of benzene rings is 2. The number of aromatic nitrogens is 2. The molecular weight excluding hydrogens is 408 g/mol. The Kier molecular flexibility index (Phi) is 6.38. The van der Waals surface area contributed by atoms with E-state index in [0.29, 0.717) is 41.0 Å².